The number of rotatable bonds is 6. The molecule has 3 rings (SSSR count). The quantitative estimate of drug-likeness (QED) is 0.792. The molecule has 25 heavy (non-hydrogen) atoms. The van der Waals surface area contributed by atoms with Crippen LogP contribution in [0.25, 0.3) is 0 Å². The largest absolute Gasteiger partial charge is 0.482 e. The van der Waals surface area contributed by atoms with Gasteiger partial charge in [-0.15, -0.1) is 11.3 Å². The number of nitrogens with two attached hydrogens (primary N) is 1. The molecule has 2 aromatic heterocycles. The van der Waals surface area contributed by atoms with Gasteiger partial charge in [0.15, 0.2) is 11.7 Å². The number of carbonyl (C=O) groups is 2. The van der Waals surface area contributed by atoms with Gasteiger partial charge < -0.3 is 20.7 Å². The second-order valence-electron chi connectivity index (χ2n) is 5.64. The first-order valence-electron chi connectivity index (χ1n) is 7.95. The van der Waals surface area contributed by atoms with Gasteiger partial charge in [0.05, 0.1) is 6.20 Å². The summed E-state index contributed by atoms with van der Waals surface area (Å²) in [5.41, 5.74) is 5.84. The Hall–Kier alpha value is -2.68. The molecular weight excluding hydrogens is 342 g/mol. The summed E-state index contributed by atoms with van der Waals surface area (Å²) in [5, 5.41) is 4.79. The van der Waals surface area contributed by atoms with Crippen LogP contribution < -0.4 is 15.8 Å². The summed E-state index contributed by atoms with van der Waals surface area (Å²) in [5.74, 6) is 0.179. The van der Waals surface area contributed by atoms with Gasteiger partial charge in [0, 0.05) is 30.7 Å². The van der Waals surface area contributed by atoms with Crippen molar-refractivity contribution in [3.63, 3.8) is 0 Å². The van der Waals surface area contributed by atoms with Crippen molar-refractivity contribution >= 4 is 28.3 Å². The van der Waals surface area contributed by atoms with Crippen LogP contribution >= 0.6 is 11.3 Å². The van der Waals surface area contributed by atoms with E-state index in [-0.39, 0.29) is 24.5 Å². The fourth-order valence-electron chi connectivity index (χ4n) is 2.73. The Labute approximate surface area is 149 Å². The predicted molar refractivity (Wildman–Crippen MR) is 93.3 cm³/mol. The second-order valence-corrected chi connectivity index (χ2v) is 6.53. The molecule has 132 valence electrons. The summed E-state index contributed by atoms with van der Waals surface area (Å²) in [7, 11) is 0. The zero-order valence-electron chi connectivity index (χ0n) is 13.6. The van der Waals surface area contributed by atoms with E-state index in [1.54, 1.807) is 34.8 Å². The smallest absolute Gasteiger partial charge is 0.270 e. The maximum Gasteiger partial charge on any atom is 0.270 e. The van der Waals surface area contributed by atoms with Crippen LogP contribution in [0.5, 0.6) is 5.75 Å². The van der Waals surface area contributed by atoms with E-state index in [0.29, 0.717) is 29.7 Å². The molecule has 2 amide bonds. The lowest BCUT2D eigenvalue weighted by atomic mass is 10.2. The standard InChI is InChI=1S/C16H19N5O3S/c17-16-20-13(10-25-16)15(23)19-7-11-3-2-6-21(11)14(22)9-24-12-4-1-5-18-8-12/h1,4-5,8,10-11H,2-3,6-7,9H2,(H2,17,20)(H,19,23). The monoisotopic (exact) mass is 361 g/mol. The molecule has 0 spiro atoms. The fourth-order valence-corrected chi connectivity index (χ4v) is 3.27. The van der Waals surface area contributed by atoms with Crippen LogP contribution in [0.4, 0.5) is 5.13 Å². The minimum atomic E-state index is -0.279. The van der Waals surface area contributed by atoms with E-state index < -0.39 is 0 Å². The molecule has 1 fully saturated rings. The van der Waals surface area contributed by atoms with Gasteiger partial charge in [-0.05, 0) is 25.0 Å². The van der Waals surface area contributed by atoms with Gasteiger partial charge in [-0.1, -0.05) is 0 Å². The van der Waals surface area contributed by atoms with E-state index in [2.05, 4.69) is 15.3 Å². The Morgan fingerprint density at radius 2 is 2.36 bits per heavy atom. The lowest BCUT2D eigenvalue weighted by Gasteiger charge is -2.24. The van der Waals surface area contributed by atoms with Crippen LogP contribution in [0.2, 0.25) is 0 Å². The number of hydrogen-bond acceptors (Lipinski definition) is 7. The molecule has 1 saturated heterocycles. The van der Waals surface area contributed by atoms with Crippen LogP contribution in [0.3, 0.4) is 0 Å². The molecule has 2 aromatic rings. The number of hydrogen-bond donors (Lipinski definition) is 2. The third-order valence-corrected chi connectivity index (χ3v) is 4.62. The number of anilines is 1. The molecule has 1 atom stereocenters. The van der Waals surface area contributed by atoms with E-state index in [1.165, 1.54) is 11.3 Å². The molecule has 0 radical (unpaired) electrons. The van der Waals surface area contributed by atoms with Crippen LogP contribution in [0.15, 0.2) is 29.9 Å². The van der Waals surface area contributed by atoms with Crippen LogP contribution in [-0.4, -0.2) is 52.4 Å². The number of nitrogens with zero attached hydrogens (tertiary/aromatic N) is 3. The number of pyridine rings is 1. The average Bonchev–Trinajstić information content (AvgIpc) is 3.27. The van der Waals surface area contributed by atoms with Gasteiger partial charge in [0.2, 0.25) is 0 Å². The first-order valence-corrected chi connectivity index (χ1v) is 8.83. The van der Waals surface area contributed by atoms with Crippen molar-refractivity contribution in [1.29, 1.82) is 0 Å². The summed E-state index contributed by atoms with van der Waals surface area (Å²) < 4.78 is 5.46. The minimum Gasteiger partial charge on any atom is -0.482 e. The predicted octanol–water partition coefficient (Wildman–Crippen LogP) is 0.920. The maximum absolute atomic E-state index is 12.4. The van der Waals surface area contributed by atoms with Crippen molar-refractivity contribution in [1.82, 2.24) is 20.2 Å². The van der Waals surface area contributed by atoms with Gasteiger partial charge in [-0.3, -0.25) is 14.6 Å². The van der Waals surface area contributed by atoms with E-state index in [1.807, 2.05) is 0 Å². The van der Waals surface area contributed by atoms with E-state index in [0.717, 1.165) is 12.8 Å². The Morgan fingerprint density at radius 3 is 3.08 bits per heavy atom. The zero-order chi connectivity index (χ0) is 17.6. The Bertz CT molecular complexity index is 736. The highest BCUT2D eigenvalue weighted by molar-refractivity contribution is 7.13. The fraction of sp³-hybridized carbons (Fsp3) is 0.375. The number of amides is 2. The van der Waals surface area contributed by atoms with Crippen molar-refractivity contribution in [2.24, 2.45) is 0 Å². The topological polar surface area (TPSA) is 110 Å². The molecule has 3 N–H and O–H groups in total. The van der Waals surface area contributed by atoms with Gasteiger partial charge in [0.1, 0.15) is 11.4 Å². The molecule has 3 heterocycles. The summed E-state index contributed by atoms with van der Waals surface area (Å²) in [4.78, 5) is 34.1. The molecule has 0 aliphatic carbocycles. The first kappa shape index (κ1) is 17.2. The average molecular weight is 361 g/mol. The van der Waals surface area contributed by atoms with Gasteiger partial charge in [-0.25, -0.2) is 4.98 Å². The van der Waals surface area contributed by atoms with Crippen molar-refractivity contribution in [2.45, 2.75) is 18.9 Å². The minimum absolute atomic E-state index is 0.0371. The first-order chi connectivity index (χ1) is 12.1. The number of thiazole rings is 1. The molecule has 0 bridgehead atoms. The van der Waals surface area contributed by atoms with Crippen molar-refractivity contribution < 1.29 is 14.3 Å². The highest BCUT2D eigenvalue weighted by atomic mass is 32.1. The Morgan fingerprint density at radius 1 is 1.48 bits per heavy atom. The Kier molecular flexibility index (Phi) is 5.44. The number of ether oxygens (including phenoxy) is 1. The molecular formula is C16H19N5O3S. The normalized spacial score (nSPS) is 16.6. The molecule has 1 unspecified atom stereocenters. The molecule has 0 saturated carbocycles. The number of likely N-dealkylation sites (tertiary alicyclic amines) is 1. The second kappa shape index (κ2) is 7.93. The van der Waals surface area contributed by atoms with Crippen LogP contribution in [0, 0.1) is 0 Å². The van der Waals surface area contributed by atoms with E-state index >= 15 is 0 Å². The number of nitrogen functional groups attached to an aromatic ring is 1. The molecule has 9 heteroatoms. The summed E-state index contributed by atoms with van der Waals surface area (Å²) >= 11 is 1.22. The van der Waals surface area contributed by atoms with Crippen LogP contribution in [-0.2, 0) is 4.79 Å². The molecule has 0 aromatic carbocycles. The van der Waals surface area contributed by atoms with Crippen molar-refractivity contribution in [3.05, 3.63) is 35.6 Å². The maximum atomic E-state index is 12.4. The SMILES string of the molecule is Nc1nc(C(=O)NCC2CCCN2C(=O)COc2cccnc2)cs1. The number of aromatic nitrogens is 2. The third kappa shape index (κ3) is 4.44. The highest BCUT2D eigenvalue weighted by Crippen LogP contribution is 2.18. The third-order valence-electron chi connectivity index (χ3n) is 3.95. The van der Waals surface area contributed by atoms with Gasteiger partial charge in [-0.2, -0.15) is 0 Å². The molecule has 1 aliphatic heterocycles. The lowest BCUT2D eigenvalue weighted by molar-refractivity contribution is -0.134. The molecule has 1 aliphatic rings. The summed E-state index contributed by atoms with van der Waals surface area (Å²) in [6, 6.07) is 3.46. The number of nitrogens with one attached hydrogen (secondary N) is 1. The molecule has 8 nitrogen and oxygen atoms in total. The van der Waals surface area contributed by atoms with Crippen LogP contribution in [0.1, 0.15) is 23.3 Å². The van der Waals surface area contributed by atoms with Crippen molar-refractivity contribution in [2.75, 3.05) is 25.4 Å². The highest BCUT2D eigenvalue weighted by Gasteiger charge is 2.29. The van der Waals surface area contributed by atoms with Gasteiger partial charge in [0.25, 0.3) is 11.8 Å². The summed E-state index contributed by atoms with van der Waals surface area (Å²) in [6.07, 6.45) is 4.96. The number of carbonyl (C=O) groups excluding carboxylic acids is 2. The van der Waals surface area contributed by atoms with Gasteiger partial charge >= 0.3 is 0 Å². The summed E-state index contributed by atoms with van der Waals surface area (Å²) in [6.45, 7) is 1.01. The van der Waals surface area contributed by atoms with Crippen molar-refractivity contribution in [3.8, 4) is 5.75 Å². The zero-order valence-corrected chi connectivity index (χ0v) is 14.4. The van der Waals surface area contributed by atoms with E-state index in [4.69, 9.17) is 10.5 Å². The van der Waals surface area contributed by atoms with E-state index in [9.17, 15) is 9.59 Å². The Balaban J connectivity index is 1.49. The lowest BCUT2D eigenvalue weighted by Crippen LogP contribution is -2.44.